The molecular formula is C35H47NO11. The number of hydrogen-bond acceptors (Lipinski definition) is 12. The van der Waals surface area contributed by atoms with Crippen molar-refractivity contribution in [2.45, 2.75) is 121 Å². The van der Waals surface area contributed by atoms with E-state index < -0.39 is 84.8 Å². The first-order valence-electron chi connectivity index (χ1n) is 16.2. The van der Waals surface area contributed by atoms with Gasteiger partial charge >= 0.3 is 5.97 Å². The lowest BCUT2D eigenvalue weighted by molar-refractivity contribution is -0.312. The largest absolute Gasteiger partial charge is 0.468 e. The van der Waals surface area contributed by atoms with Crippen molar-refractivity contribution in [1.29, 1.82) is 0 Å². The van der Waals surface area contributed by atoms with Crippen molar-refractivity contribution in [2.24, 2.45) is 11.7 Å². The van der Waals surface area contributed by atoms with E-state index in [1.165, 1.54) is 7.11 Å². The summed E-state index contributed by atoms with van der Waals surface area (Å²) >= 11 is 0. The summed E-state index contributed by atoms with van der Waals surface area (Å²) in [7, 11) is 1.30. The Labute approximate surface area is 275 Å². The van der Waals surface area contributed by atoms with Crippen LogP contribution in [0.2, 0.25) is 0 Å². The number of esters is 1. The molecule has 4 heterocycles. The summed E-state index contributed by atoms with van der Waals surface area (Å²) in [5.41, 5.74) is 8.55. The quantitative estimate of drug-likeness (QED) is 0.355. The van der Waals surface area contributed by atoms with Crippen molar-refractivity contribution in [3.63, 3.8) is 0 Å². The molecule has 0 amide bonds. The summed E-state index contributed by atoms with van der Waals surface area (Å²) in [4.78, 5) is 13.0. The highest BCUT2D eigenvalue weighted by molar-refractivity contribution is 5.76. The van der Waals surface area contributed by atoms with Crippen molar-refractivity contribution in [3.8, 4) is 0 Å². The molecule has 0 radical (unpaired) electrons. The van der Waals surface area contributed by atoms with E-state index in [4.69, 9.17) is 53.1 Å². The summed E-state index contributed by atoms with van der Waals surface area (Å²) < 4.78 is 62.2. The maximum atomic E-state index is 13.0. The molecule has 4 saturated heterocycles. The number of methoxy groups -OCH3 is 1. The van der Waals surface area contributed by atoms with Gasteiger partial charge in [-0.3, -0.25) is 4.79 Å². The highest BCUT2D eigenvalue weighted by Gasteiger charge is 2.61. The number of rotatable bonds is 11. The summed E-state index contributed by atoms with van der Waals surface area (Å²) in [6, 6.07) is 18.4. The van der Waals surface area contributed by atoms with Crippen LogP contribution in [0, 0.1) is 5.92 Å². The van der Waals surface area contributed by atoms with Crippen LogP contribution in [0.25, 0.3) is 0 Å². The van der Waals surface area contributed by atoms with Gasteiger partial charge in [0.15, 0.2) is 24.2 Å². The predicted molar refractivity (Wildman–Crippen MR) is 166 cm³/mol. The normalized spacial score (nSPS) is 36.3. The minimum absolute atomic E-state index is 0.0241. The van der Waals surface area contributed by atoms with Gasteiger partial charge in [0.25, 0.3) is 0 Å². The van der Waals surface area contributed by atoms with Crippen molar-refractivity contribution >= 4 is 5.97 Å². The summed E-state index contributed by atoms with van der Waals surface area (Å²) in [5, 5.41) is 0. The molecule has 0 spiro atoms. The zero-order chi connectivity index (χ0) is 33.3. The second kappa shape index (κ2) is 14.2. The van der Waals surface area contributed by atoms with Crippen LogP contribution in [0.1, 0.15) is 45.7 Å². The Kier molecular flexibility index (Phi) is 10.4. The van der Waals surface area contributed by atoms with Crippen molar-refractivity contribution < 1.29 is 52.2 Å². The molecule has 12 heteroatoms. The van der Waals surface area contributed by atoms with Gasteiger partial charge in [-0.25, -0.2) is 0 Å². The fourth-order valence-corrected chi connectivity index (χ4v) is 6.82. The third-order valence-corrected chi connectivity index (χ3v) is 8.96. The molecule has 258 valence electrons. The van der Waals surface area contributed by atoms with Crippen LogP contribution in [0.4, 0.5) is 0 Å². The first kappa shape index (κ1) is 34.4. The first-order valence-corrected chi connectivity index (χ1v) is 16.2. The van der Waals surface area contributed by atoms with Gasteiger partial charge in [0.1, 0.15) is 36.6 Å². The molecule has 2 aromatic carbocycles. The van der Waals surface area contributed by atoms with Gasteiger partial charge in [-0.05, 0) is 45.7 Å². The van der Waals surface area contributed by atoms with Crippen molar-refractivity contribution in [3.05, 3.63) is 71.8 Å². The monoisotopic (exact) mass is 657 g/mol. The smallest absolute Gasteiger partial charge is 0.323 e. The molecular weight excluding hydrogens is 610 g/mol. The van der Waals surface area contributed by atoms with E-state index in [-0.39, 0.29) is 13.2 Å². The summed E-state index contributed by atoms with van der Waals surface area (Å²) in [6.45, 7) is 9.84. The maximum Gasteiger partial charge on any atom is 0.323 e. The van der Waals surface area contributed by atoms with E-state index in [2.05, 4.69) is 0 Å². The van der Waals surface area contributed by atoms with E-state index in [9.17, 15) is 4.79 Å². The number of fused-ring (bicyclic) bond motifs is 3. The van der Waals surface area contributed by atoms with Gasteiger partial charge in [-0.2, -0.15) is 0 Å². The van der Waals surface area contributed by atoms with Crippen LogP contribution in [-0.2, 0) is 65.4 Å². The average molecular weight is 658 g/mol. The zero-order valence-electron chi connectivity index (χ0n) is 27.8. The predicted octanol–water partition coefficient (Wildman–Crippen LogP) is 3.43. The standard InChI is InChI=1S/C35H47NO11/c1-20-26(39-17-21-13-9-7-10-14-21)28(40-18-22-15-11-8-12-16-22)24(25(36)31(37)38-6)32(42-20)41-19-23-27-29(45-34(2,3)44-27)30-33(43-23)47-35(4,5)46-30/h7-16,20,23-30,32-33H,17-19,36H2,1-6H3/t20-,23+,24-,25-,26-,27-,28-,29-,30+,32-,33+/m0/s1. The first-order chi connectivity index (χ1) is 22.4. The van der Waals surface area contributed by atoms with Crippen LogP contribution >= 0.6 is 0 Å². The lowest BCUT2D eigenvalue weighted by Crippen LogP contribution is -2.63. The third kappa shape index (κ3) is 7.73. The fraction of sp³-hybridized carbons (Fsp3) is 0.629. The minimum atomic E-state index is -1.15. The Hall–Kier alpha value is -2.49. The molecule has 0 saturated carbocycles. The van der Waals surface area contributed by atoms with Gasteiger partial charge in [0.2, 0.25) is 0 Å². The van der Waals surface area contributed by atoms with Crippen LogP contribution < -0.4 is 5.73 Å². The number of carbonyl (C=O) groups is 1. The Morgan fingerprint density at radius 1 is 0.766 bits per heavy atom. The van der Waals surface area contributed by atoms with Crippen molar-refractivity contribution in [1.82, 2.24) is 0 Å². The molecule has 4 fully saturated rings. The molecule has 47 heavy (non-hydrogen) atoms. The Morgan fingerprint density at radius 3 is 1.94 bits per heavy atom. The topological polar surface area (TPSA) is 135 Å². The van der Waals surface area contributed by atoms with Gasteiger partial charge in [-0.1, -0.05) is 60.7 Å². The molecule has 11 atom stereocenters. The molecule has 4 aliphatic rings. The van der Waals surface area contributed by atoms with Gasteiger partial charge in [-0.15, -0.1) is 0 Å². The number of nitrogens with two attached hydrogens (primary N) is 1. The van der Waals surface area contributed by atoms with E-state index in [1.54, 1.807) is 0 Å². The van der Waals surface area contributed by atoms with E-state index >= 15 is 0 Å². The second-order valence-corrected chi connectivity index (χ2v) is 13.4. The average Bonchev–Trinajstić information content (AvgIpc) is 3.55. The van der Waals surface area contributed by atoms with Crippen molar-refractivity contribution in [2.75, 3.05) is 13.7 Å². The van der Waals surface area contributed by atoms with E-state index in [0.29, 0.717) is 6.61 Å². The second-order valence-electron chi connectivity index (χ2n) is 13.4. The van der Waals surface area contributed by atoms with Gasteiger partial charge < -0.3 is 53.1 Å². The number of carbonyl (C=O) groups excluding carboxylic acids is 1. The molecule has 0 aromatic heterocycles. The summed E-state index contributed by atoms with van der Waals surface area (Å²) in [5.74, 6) is -3.16. The molecule has 6 rings (SSSR count). The van der Waals surface area contributed by atoms with Crippen LogP contribution in [0.15, 0.2) is 60.7 Å². The number of benzene rings is 2. The molecule has 0 bridgehead atoms. The minimum Gasteiger partial charge on any atom is -0.468 e. The Morgan fingerprint density at radius 2 is 1.32 bits per heavy atom. The van der Waals surface area contributed by atoms with Crippen LogP contribution in [0.3, 0.4) is 0 Å². The number of ether oxygens (including phenoxy) is 10. The third-order valence-electron chi connectivity index (χ3n) is 8.96. The van der Waals surface area contributed by atoms with E-state index in [1.807, 2.05) is 95.3 Å². The number of hydrogen-bond donors (Lipinski definition) is 1. The molecule has 2 aromatic rings. The molecule has 2 N–H and O–H groups in total. The van der Waals surface area contributed by atoms with Crippen LogP contribution in [0.5, 0.6) is 0 Å². The lowest BCUT2D eigenvalue weighted by Gasteiger charge is -2.47. The summed E-state index contributed by atoms with van der Waals surface area (Å²) in [6.07, 6.45) is -5.49. The van der Waals surface area contributed by atoms with E-state index in [0.717, 1.165) is 11.1 Å². The lowest BCUT2D eigenvalue weighted by atomic mass is 9.85. The Bertz CT molecular complexity index is 1330. The molecule has 12 nitrogen and oxygen atoms in total. The highest BCUT2D eigenvalue weighted by atomic mass is 16.9. The molecule has 4 aliphatic heterocycles. The highest BCUT2D eigenvalue weighted by Crippen LogP contribution is 2.44. The Balaban J connectivity index is 1.25. The SMILES string of the molecule is COC(=O)[C@@H](N)[C@@H]1[C@@H](OC[C@H]2O[C@@H]3OC(C)(C)O[C@@H]3[C@H]3OC(C)(C)O[C@H]32)O[C@@H](C)[C@H](OCc2ccccc2)[C@H]1OCc1ccccc1. The van der Waals surface area contributed by atoms with Gasteiger partial charge in [0, 0.05) is 0 Å². The molecule has 0 unspecified atom stereocenters. The maximum absolute atomic E-state index is 13.0. The van der Waals surface area contributed by atoms with Gasteiger partial charge in [0.05, 0.1) is 45.1 Å². The molecule has 0 aliphatic carbocycles. The fourth-order valence-electron chi connectivity index (χ4n) is 6.82. The zero-order valence-corrected chi connectivity index (χ0v) is 27.8. The van der Waals surface area contributed by atoms with Crippen LogP contribution in [-0.4, -0.2) is 92.6 Å².